The van der Waals surface area contributed by atoms with E-state index in [1.165, 1.54) is 6.33 Å². The largest absolute Gasteiger partial charge is 0.454 e. The van der Waals surface area contributed by atoms with E-state index < -0.39 is 0 Å². The number of benzene rings is 2. The maximum atomic E-state index is 12.4. The number of ether oxygens (including phenoxy) is 2. The van der Waals surface area contributed by atoms with E-state index in [1.807, 2.05) is 50.2 Å². The molecule has 1 aromatic heterocycles. The molecule has 1 atom stereocenters. The number of anilines is 1. The Balaban J connectivity index is 1.44. The van der Waals surface area contributed by atoms with Crippen molar-refractivity contribution in [3.63, 3.8) is 0 Å². The number of aromatic nitrogens is 4. The van der Waals surface area contributed by atoms with Crippen molar-refractivity contribution in [3.8, 4) is 17.2 Å². The zero-order valence-corrected chi connectivity index (χ0v) is 14.8. The van der Waals surface area contributed by atoms with Crippen LogP contribution in [0.1, 0.15) is 24.1 Å². The fraction of sp³-hybridized carbons (Fsp3) is 0.222. The van der Waals surface area contributed by atoms with Gasteiger partial charge in [-0.15, -0.1) is 5.10 Å². The van der Waals surface area contributed by atoms with E-state index in [4.69, 9.17) is 9.47 Å². The molecule has 0 saturated heterocycles. The molecule has 1 aliphatic rings. The summed E-state index contributed by atoms with van der Waals surface area (Å²) in [6.45, 7) is 4.07. The van der Waals surface area contributed by atoms with Crippen LogP contribution in [0.4, 0.5) is 10.5 Å². The Kier molecular flexibility index (Phi) is 4.33. The molecule has 27 heavy (non-hydrogen) atoms. The first-order chi connectivity index (χ1) is 13.1. The van der Waals surface area contributed by atoms with Crippen molar-refractivity contribution in [2.75, 3.05) is 12.1 Å². The molecule has 2 heterocycles. The number of hydrogen-bond donors (Lipinski definition) is 2. The van der Waals surface area contributed by atoms with Crippen LogP contribution in [0.15, 0.2) is 42.7 Å². The third-order valence-electron chi connectivity index (χ3n) is 4.31. The molecule has 0 unspecified atom stereocenters. The molecular formula is C18H18N6O3. The maximum absolute atomic E-state index is 12.4. The van der Waals surface area contributed by atoms with Crippen molar-refractivity contribution in [3.05, 3.63) is 53.9 Å². The third-order valence-corrected chi connectivity index (χ3v) is 4.31. The fourth-order valence-corrected chi connectivity index (χ4v) is 2.84. The average molecular weight is 366 g/mol. The maximum Gasteiger partial charge on any atom is 0.319 e. The van der Waals surface area contributed by atoms with Crippen molar-refractivity contribution in [2.24, 2.45) is 0 Å². The van der Waals surface area contributed by atoms with Crippen LogP contribution in [-0.4, -0.2) is 33.0 Å². The molecule has 138 valence electrons. The number of rotatable bonds is 4. The minimum Gasteiger partial charge on any atom is -0.454 e. The predicted molar refractivity (Wildman–Crippen MR) is 97.0 cm³/mol. The zero-order chi connectivity index (χ0) is 18.8. The molecular weight excluding hydrogens is 348 g/mol. The lowest BCUT2D eigenvalue weighted by atomic mass is 10.1. The van der Waals surface area contributed by atoms with Gasteiger partial charge in [0, 0.05) is 5.69 Å². The molecule has 2 amide bonds. The van der Waals surface area contributed by atoms with Gasteiger partial charge >= 0.3 is 6.03 Å². The molecule has 3 aromatic rings. The van der Waals surface area contributed by atoms with Crippen LogP contribution in [0.5, 0.6) is 11.5 Å². The Labute approximate surface area is 155 Å². The minimum atomic E-state index is -0.313. The lowest BCUT2D eigenvalue weighted by Crippen LogP contribution is -2.31. The standard InChI is InChI=1S/C18H18N6O3/c1-11-3-5-14(8-15(11)24-9-19-22-23-24)21-18(25)20-12(2)13-4-6-16-17(7-13)27-10-26-16/h3-9,12H,10H2,1-2H3,(H2,20,21,25)/t12-/m1/s1. The monoisotopic (exact) mass is 366 g/mol. The van der Waals surface area contributed by atoms with E-state index >= 15 is 0 Å². The van der Waals surface area contributed by atoms with Gasteiger partial charge in [0.15, 0.2) is 11.5 Å². The second kappa shape index (κ2) is 6.94. The van der Waals surface area contributed by atoms with Crippen LogP contribution in [0, 0.1) is 6.92 Å². The summed E-state index contributed by atoms with van der Waals surface area (Å²) in [7, 11) is 0. The molecule has 0 saturated carbocycles. The van der Waals surface area contributed by atoms with Crippen LogP contribution >= 0.6 is 0 Å². The molecule has 0 spiro atoms. The summed E-state index contributed by atoms with van der Waals surface area (Å²) < 4.78 is 12.2. The Morgan fingerprint density at radius 2 is 2.04 bits per heavy atom. The highest BCUT2D eigenvalue weighted by atomic mass is 16.7. The molecule has 2 N–H and O–H groups in total. The lowest BCUT2D eigenvalue weighted by molar-refractivity contribution is 0.174. The van der Waals surface area contributed by atoms with Gasteiger partial charge in [-0.25, -0.2) is 9.48 Å². The summed E-state index contributed by atoms with van der Waals surface area (Å²) in [6.07, 6.45) is 1.51. The molecule has 0 fully saturated rings. The first-order valence-corrected chi connectivity index (χ1v) is 8.41. The first kappa shape index (κ1) is 16.8. The summed E-state index contributed by atoms with van der Waals surface area (Å²) in [5.74, 6) is 1.40. The number of urea groups is 1. The van der Waals surface area contributed by atoms with Gasteiger partial charge in [-0.2, -0.15) is 0 Å². The van der Waals surface area contributed by atoms with E-state index in [9.17, 15) is 4.79 Å². The molecule has 0 radical (unpaired) electrons. The van der Waals surface area contributed by atoms with E-state index in [1.54, 1.807) is 4.68 Å². The van der Waals surface area contributed by atoms with E-state index in [0.717, 1.165) is 16.8 Å². The smallest absolute Gasteiger partial charge is 0.319 e. The lowest BCUT2D eigenvalue weighted by Gasteiger charge is -2.16. The highest BCUT2D eigenvalue weighted by molar-refractivity contribution is 5.90. The molecule has 9 heteroatoms. The van der Waals surface area contributed by atoms with Gasteiger partial charge in [0.1, 0.15) is 6.33 Å². The van der Waals surface area contributed by atoms with Gasteiger partial charge in [-0.1, -0.05) is 12.1 Å². The summed E-state index contributed by atoms with van der Waals surface area (Å²) in [4.78, 5) is 12.4. The number of nitrogens with zero attached hydrogens (tertiary/aromatic N) is 4. The SMILES string of the molecule is Cc1ccc(NC(=O)N[C@H](C)c2ccc3c(c2)OCO3)cc1-n1cnnn1. The molecule has 1 aliphatic heterocycles. The zero-order valence-electron chi connectivity index (χ0n) is 14.8. The Morgan fingerprint density at radius 1 is 1.19 bits per heavy atom. The second-order valence-corrected chi connectivity index (χ2v) is 6.19. The van der Waals surface area contributed by atoms with Gasteiger partial charge in [0.05, 0.1) is 11.7 Å². The van der Waals surface area contributed by atoms with Crippen molar-refractivity contribution < 1.29 is 14.3 Å². The van der Waals surface area contributed by atoms with Crippen LogP contribution in [-0.2, 0) is 0 Å². The number of hydrogen-bond acceptors (Lipinski definition) is 6. The topological polar surface area (TPSA) is 103 Å². The van der Waals surface area contributed by atoms with Crippen molar-refractivity contribution >= 4 is 11.7 Å². The number of carbonyl (C=O) groups excluding carboxylic acids is 1. The van der Waals surface area contributed by atoms with Crippen LogP contribution in [0.3, 0.4) is 0 Å². The van der Waals surface area contributed by atoms with Crippen molar-refractivity contribution in [1.82, 2.24) is 25.5 Å². The Morgan fingerprint density at radius 3 is 2.85 bits per heavy atom. The fourth-order valence-electron chi connectivity index (χ4n) is 2.84. The normalized spacial score (nSPS) is 13.3. The number of tetrazole rings is 1. The summed E-state index contributed by atoms with van der Waals surface area (Å²) in [6, 6.07) is 10.6. The predicted octanol–water partition coefficient (Wildman–Crippen LogP) is 2.58. The number of fused-ring (bicyclic) bond motifs is 1. The Hall–Kier alpha value is -3.62. The summed E-state index contributed by atoms with van der Waals surface area (Å²) >= 11 is 0. The van der Waals surface area contributed by atoms with Gasteiger partial charge in [-0.3, -0.25) is 0 Å². The van der Waals surface area contributed by atoms with Gasteiger partial charge in [0.2, 0.25) is 6.79 Å². The number of carbonyl (C=O) groups is 1. The first-order valence-electron chi connectivity index (χ1n) is 8.41. The molecule has 0 aliphatic carbocycles. The number of aryl methyl sites for hydroxylation is 1. The summed E-state index contributed by atoms with van der Waals surface area (Å²) in [5.41, 5.74) is 3.35. The number of nitrogens with one attached hydrogen (secondary N) is 2. The third kappa shape index (κ3) is 3.52. The Bertz CT molecular complexity index is 973. The summed E-state index contributed by atoms with van der Waals surface area (Å²) in [5, 5.41) is 16.9. The quantitative estimate of drug-likeness (QED) is 0.736. The van der Waals surface area contributed by atoms with Gasteiger partial charge in [-0.05, 0) is 59.7 Å². The van der Waals surface area contributed by atoms with Crippen LogP contribution in [0.2, 0.25) is 0 Å². The second-order valence-electron chi connectivity index (χ2n) is 6.19. The van der Waals surface area contributed by atoms with E-state index in [0.29, 0.717) is 17.2 Å². The minimum absolute atomic E-state index is 0.205. The number of amides is 2. The average Bonchev–Trinajstić information content (AvgIpc) is 3.34. The van der Waals surface area contributed by atoms with Crippen molar-refractivity contribution in [1.29, 1.82) is 0 Å². The highest BCUT2D eigenvalue weighted by Gasteiger charge is 2.17. The van der Waals surface area contributed by atoms with Crippen LogP contribution in [0.25, 0.3) is 5.69 Å². The molecule has 9 nitrogen and oxygen atoms in total. The molecule has 0 bridgehead atoms. The molecule has 2 aromatic carbocycles. The van der Waals surface area contributed by atoms with E-state index in [-0.39, 0.29) is 18.9 Å². The van der Waals surface area contributed by atoms with Gasteiger partial charge in [0.25, 0.3) is 0 Å². The van der Waals surface area contributed by atoms with E-state index in [2.05, 4.69) is 26.2 Å². The van der Waals surface area contributed by atoms with Gasteiger partial charge < -0.3 is 20.1 Å². The van der Waals surface area contributed by atoms with Crippen molar-refractivity contribution in [2.45, 2.75) is 19.9 Å². The highest BCUT2D eigenvalue weighted by Crippen LogP contribution is 2.34. The molecule has 4 rings (SSSR count). The van der Waals surface area contributed by atoms with Crippen LogP contribution < -0.4 is 20.1 Å².